The summed E-state index contributed by atoms with van der Waals surface area (Å²) >= 11 is 3.44. The first-order valence-electron chi connectivity index (χ1n) is 6.63. The summed E-state index contributed by atoms with van der Waals surface area (Å²) in [5.41, 5.74) is 3.62. The number of hydrogen-bond donors (Lipinski definition) is 2. The van der Waals surface area contributed by atoms with E-state index in [9.17, 15) is 0 Å². The van der Waals surface area contributed by atoms with Crippen molar-refractivity contribution in [3.8, 4) is 5.75 Å². The molecule has 1 saturated carbocycles. The van der Waals surface area contributed by atoms with E-state index >= 15 is 0 Å². The first-order valence-corrected chi connectivity index (χ1v) is 7.42. The molecule has 0 atom stereocenters. The quantitative estimate of drug-likeness (QED) is 0.388. The third-order valence-corrected chi connectivity index (χ3v) is 3.94. The Bertz CT molecular complexity index is 456. The molecule has 0 radical (unpaired) electrons. The average Bonchev–Trinajstić information content (AvgIpc) is 2.46. The first-order chi connectivity index (χ1) is 9.24. The number of amidine groups is 1. The Balaban J connectivity index is 2.27. The van der Waals surface area contributed by atoms with Gasteiger partial charge in [0.25, 0.3) is 0 Å². The molecular formula is C14H20BrN3O. The van der Waals surface area contributed by atoms with E-state index in [0.717, 1.165) is 28.6 Å². The van der Waals surface area contributed by atoms with Crippen LogP contribution >= 0.6 is 15.9 Å². The van der Waals surface area contributed by atoms with Gasteiger partial charge in [0.05, 0.1) is 18.7 Å². The molecule has 0 amide bonds. The summed E-state index contributed by atoms with van der Waals surface area (Å²) < 4.78 is 6.37. The van der Waals surface area contributed by atoms with Gasteiger partial charge in [-0.2, -0.15) is 0 Å². The zero-order valence-electron chi connectivity index (χ0n) is 11.2. The molecule has 1 aromatic rings. The molecule has 4 nitrogen and oxygen atoms in total. The number of ether oxygens (including phenoxy) is 1. The van der Waals surface area contributed by atoms with Crippen molar-refractivity contribution >= 4 is 21.8 Å². The van der Waals surface area contributed by atoms with Gasteiger partial charge in [-0.25, -0.2) is 5.84 Å². The third kappa shape index (κ3) is 3.70. The molecule has 0 bridgehead atoms. The molecule has 0 unspecified atom stereocenters. The highest BCUT2D eigenvalue weighted by Crippen LogP contribution is 2.25. The second kappa shape index (κ2) is 6.91. The van der Waals surface area contributed by atoms with Gasteiger partial charge < -0.3 is 10.2 Å². The minimum Gasteiger partial charge on any atom is -0.496 e. The summed E-state index contributed by atoms with van der Waals surface area (Å²) in [7, 11) is 1.65. The molecule has 0 spiro atoms. The van der Waals surface area contributed by atoms with Gasteiger partial charge in [0.2, 0.25) is 0 Å². The predicted octanol–water partition coefficient (Wildman–Crippen LogP) is 3.00. The van der Waals surface area contributed by atoms with E-state index in [1.54, 1.807) is 7.11 Å². The summed E-state index contributed by atoms with van der Waals surface area (Å²) in [6.45, 7) is 0. The van der Waals surface area contributed by atoms with Crippen molar-refractivity contribution in [2.45, 2.75) is 38.1 Å². The molecule has 2 rings (SSSR count). The van der Waals surface area contributed by atoms with Crippen LogP contribution in [0.4, 0.5) is 0 Å². The van der Waals surface area contributed by atoms with Crippen LogP contribution < -0.4 is 16.0 Å². The number of benzene rings is 1. The van der Waals surface area contributed by atoms with Gasteiger partial charge in [0, 0.05) is 4.47 Å². The second-order valence-corrected chi connectivity index (χ2v) is 5.67. The Morgan fingerprint density at radius 2 is 2.11 bits per heavy atom. The zero-order chi connectivity index (χ0) is 13.7. The lowest BCUT2D eigenvalue weighted by Crippen LogP contribution is -2.33. The summed E-state index contributed by atoms with van der Waals surface area (Å²) in [6.07, 6.45) is 6.11. The Morgan fingerprint density at radius 3 is 2.74 bits per heavy atom. The Hall–Kier alpha value is -1.07. The minimum atomic E-state index is 0.369. The fourth-order valence-electron chi connectivity index (χ4n) is 2.44. The molecule has 3 N–H and O–H groups in total. The number of methoxy groups -OCH3 is 1. The molecule has 0 aromatic heterocycles. The molecule has 0 heterocycles. The van der Waals surface area contributed by atoms with Gasteiger partial charge in [0.15, 0.2) is 0 Å². The summed E-state index contributed by atoms with van der Waals surface area (Å²) in [5.74, 6) is 7.11. The molecule has 19 heavy (non-hydrogen) atoms. The van der Waals surface area contributed by atoms with Crippen LogP contribution in [0.3, 0.4) is 0 Å². The number of hydrogen-bond acceptors (Lipinski definition) is 3. The molecule has 1 aromatic carbocycles. The predicted molar refractivity (Wildman–Crippen MR) is 81.4 cm³/mol. The van der Waals surface area contributed by atoms with Gasteiger partial charge in [-0.1, -0.05) is 35.2 Å². The van der Waals surface area contributed by atoms with E-state index in [0.29, 0.717) is 11.9 Å². The van der Waals surface area contributed by atoms with Gasteiger partial charge in [-0.3, -0.25) is 4.99 Å². The highest BCUT2D eigenvalue weighted by Gasteiger charge is 2.15. The van der Waals surface area contributed by atoms with Gasteiger partial charge >= 0.3 is 0 Å². The fourth-order valence-corrected chi connectivity index (χ4v) is 2.78. The standard InChI is InChI=1S/C14H20BrN3O/c1-19-13-9-10(15)7-8-12(13)14(18-16)17-11-5-3-2-4-6-11/h7-9,11H,2-6,16H2,1H3,(H,17,18). The van der Waals surface area contributed by atoms with E-state index in [4.69, 9.17) is 15.6 Å². The maximum atomic E-state index is 5.64. The van der Waals surface area contributed by atoms with E-state index in [-0.39, 0.29) is 0 Å². The maximum absolute atomic E-state index is 5.64. The van der Waals surface area contributed by atoms with Gasteiger partial charge in [-0.05, 0) is 31.0 Å². The van der Waals surface area contributed by atoms with Crippen molar-refractivity contribution < 1.29 is 4.74 Å². The lowest BCUT2D eigenvalue weighted by atomic mass is 9.96. The monoisotopic (exact) mass is 325 g/mol. The van der Waals surface area contributed by atoms with Crippen LogP contribution in [-0.4, -0.2) is 19.0 Å². The number of rotatable bonds is 3. The first kappa shape index (κ1) is 14.3. The van der Waals surface area contributed by atoms with Crippen LogP contribution in [0.5, 0.6) is 5.75 Å². The molecule has 1 fully saturated rings. The van der Waals surface area contributed by atoms with Gasteiger partial charge in [-0.15, -0.1) is 0 Å². The number of nitrogens with zero attached hydrogens (tertiary/aromatic N) is 1. The number of halogens is 1. The number of aliphatic imine (C=N–C) groups is 1. The van der Waals surface area contributed by atoms with Crippen LogP contribution in [-0.2, 0) is 0 Å². The van der Waals surface area contributed by atoms with Crippen molar-refractivity contribution in [1.82, 2.24) is 5.43 Å². The molecular weight excluding hydrogens is 306 g/mol. The minimum absolute atomic E-state index is 0.369. The van der Waals surface area contributed by atoms with E-state index in [1.807, 2.05) is 18.2 Å². The summed E-state index contributed by atoms with van der Waals surface area (Å²) in [5, 5.41) is 0. The zero-order valence-corrected chi connectivity index (χ0v) is 12.7. The smallest absolute Gasteiger partial charge is 0.146 e. The third-order valence-electron chi connectivity index (χ3n) is 3.44. The Kier molecular flexibility index (Phi) is 5.22. The van der Waals surface area contributed by atoms with E-state index < -0.39 is 0 Å². The molecule has 0 aliphatic heterocycles. The molecule has 1 aliphatic carbocycles. The van der Waals surface area contributed by atoms with Crippen molar-refractivity contribution in [2.75, 3.05) is 7.11 Å². The van der Waals surface area contributed by atoms with Crippen molar-refractivity contribution in [3.05, 3.63) is 28.2 Å². The van der Waals surface area contributed by atoms with Crippen LogP contribution in [0, 0.1) is 0 Å². The van der Waals surface area contributed by atoms with Crippen LogP contribution in [0.15, 0.2) is 27.7 Å². The summed E-state index contributed by atoms with van der Waals surface area (Å²) in [6, 6.07) is 6.21. The topological polar surface area (TPSA) is 59.6 Å². The van der Waals surface area contributed by atoms with E-state index in [2.05, 4.69) is 21.4 Å². The largest absolute Gasteiger partial charge is 0.496 e. The number of hydrazine groups is 1. The molecule has 5 heteroatoms. The molecule has 1 aliphatic rings. The second-order valence-electron chi connectivity index (χ2n) is 4.76. The van der Waals surface area contributed by atoms with Crippen molar-refractivity contribution in [3.63, 3.8) is 0 Å². The Morgan fingerprint density at radius 1 is 1.37 bits per heavy atom. The highest BCUT2D eigenvalue weighted by atomic mass is 79.9. The number of nitrogens with two attached hydrogens (primary N) is 1. The molecule has 104 valence electrons. The Labute approximate surface area is 122 Å². The number of nitrogens with one attached hydrogen (secondary N) is 1. The normalized spacial score (nSPS) is 17.3. The van der Waals surface area contributed by atoms with Crippen molar-refractivity contribution in [2.24, 2.45) is 10.8 Å². The maximum Gasteiger partial charge on any atom is 0.146 e. The van der Waals surface area contributed by atoms with Crippen molar-refractivity contribution in [1.29, 1.82) is 0 Å². The van der Waals surface area contributed by atoms with Crippen LogP contribution in [0.25, 0.3) is 0 Å². The highest BCUT2D eigenvalue weighted by molar-refractivity contribution is 9.10. The molecule has 0 saturated heterocycles. The lowest BCUT2D eigenvalue weighted by molar-refractivity contribution is 0.413. The average molecular weight is 326 g/mol. The summed E-state index contributed by atoms with van der Waals surface area (Å²) in [4.78, 5) is 4.75. The lowest BCUT2D eigenvalue weighted by Gasteiger charge is -2.20. The fraction of sp³-hybridized carbons (Fsp3) is 0.500. The van der Waals surface area contributed by atoms with Gasteiger partial charge in [0.1, 0.15) is 11.6 Å². The van der Waals surface area contributed by atoms with Crippen LogP contribution in [0.2, 0.25) is 0 Å². The SMILES string of the molecule is COc1cc(Br)ccc1C(=NC1CCCCC1)NN. The van der Waals surface area contributed by atoms with E-state index in [1.165, 1.54) is 19.3 Å². The van der Waals surface area contributed by atoms with Crippen LogP contribution in [0.1, 0.15) is 37.7 Å².